The van der Waals surface area contributed by atoms with Crippen molar-refractivity contribution >= 4 is 23.8 Å². The summed E-state index contributed by atoms with van der Waals surface area (Å²) in [6, 6.07) is 7.62. The van der Waals surface area contributed by atoms with E-state index >= 15 is 0 Å². The zero-order valence-corrected chi connectivity index (χ0v) is 9.84. The largest absolute Gasteiger partial charge is 0.366 e. The minimum absolute atomic E-state index is 0.279. The Morgan fingerprint density at radius 3 is 2.42 bits per heavy atom. The van der Waals surface area contributed by atoms with Crippen LogP contribution in [0.2, 0.25) is 0 Å². The molecule has 0 bridgehead atoms. The van der Waals surface area contributed by atoms with Gasteiger partial charge in [-0.05, 0) is 30.3 Å². The van der Waals surface area contributed by atoms with Crippen LogP contribution in [-0.2, 0) is 0 Å². The first kappa shape index (κ1) is 12.6. The molecule has 0 aliphatic carbocycles. The van der Waals surface area contributed by atoms with Gasteiger partial charge in [0.15, 0.2) is 6.29 Å². The lowest BCUT2D eigenvalue weighted by molar-refractivity contribution is 0.0997. The molecule has 0 fully saturated rings. The first-order valence-electron chi connectivity index (χ1n) is 5.45. The molecule has 1 heterocycles. The van der Waals surface area contributed by atoms with Crippen molar-refractivity contribution in [3.05, 3.63) is 53.3 Å². The maximum atomic E-state index is 11.8. The summed E-state index contributed by atoms with van der Waals surface area (Å²) >= 11 is 0. The fourth-order valence-corrected chi connectivity index (χ4v) is 1.53. The molecule has 96 valence electrons. The highest BCUT2D eigenvalue weighted by atomic mass is 16.2. The zero-order chi connectivity index (χ0) is 13.8. The number of nitrogens with two attached hydrogens (primary N) is 1. The van der Waals surface area contributed by atoms with Gasteiger partial charge in [-0.3, -0.25) is 14.4 Å². The number of hydrogen-bond acceptors (Lipinski definition) is 3. The van der Waals surface area contributed by atoms with Crippen LogP contribution in [0.25, 0.3) is 0 Å². The molecule has 6 nitrogen and oxygen atoms in total. The third-order valence-electron chi connectivity index (χ3n) is 2.51. The van der Waals surface area contributed by atoms with Crippen LogP contribution in [0.1, 0.15) is 31.2 Å². The lowest BCUT2D eigenvalue weighted by atomic mass is 10.2. The van der Waals surface area contributed by atoms with E-state index < -0.39 is 5.91 Å². The molecule has 0 radical (unpaired) electrons. The van der Waals surface area contributed by atoms with Gasteiger partial charge in [0.05, 0.1) is 0 Å². The number of anilines is 1. The highest BCUT2D eigenvalue weighted by Crippen LogP contribution is 2.11. The van der Waals surface area contributed by atoms with Gasteiger partial charge in [-0.1, -0.05) is 0 Å². The summed E-state index contributed by atoms with van der Waals surface area (Å²) in [6.07, 6.45) is 2.09. The van der Waals surface area contributed by atoms with Gasteiger partial charge in [-0.15, -0.1) is 0 Å². The summed E-state index contributed by atoms with van der Waals surface area (Å²) in [5.41, 5.74) is 6.67. The number of aromatic amines is 1. The van der Waals surface area contributed by atoms with E-state index in [-0.39, 0.29) is 11.6 Å². The number of benzene rings is 1. The van der Waals surface area contributed by atoms with Crippen LogP contribution >= 0.6 is 0 Å². The molecule has 0 saturated carbocycles. The van der Waals surface area contributed by atoms with Crippen molar-refractivity contribution in [3.63, 3.8) is 0 Å². The number of hydrogen-bond donors (Lipinski definition) is 3. The summed E-state index contributed by atoms with van der Waals surface area (Å²) in [6.45, 7) is 0. The molecule has 0 aliphatic heterocycles. The van der Waals surface area contributed by atoms with Gasteiger partial charge in [-0.2, -0.15) is 0 Å². The number of primary amides is 1. The Morgan fingerprint density at radius 1 is 1.21 bits per heavy atom. The normalized spacial score (nSPS) is 9.89. The van der Waals surface area contributed by atoms with Crippen molar-refractivity contribution in [3.8, 4) is 0 Å². The second-order valence-electron chi connectivity index (χ2n) is 3.86. The predicted molar refractivity (Wildman–Crippen MR) is 69.1 cm³/mol. The Morgan fingerprint density at radius 2 is 1.89 bits per heavy atom. The first-order valence-corrected chi connectivity index (χ1v) is 5.45. The van der Waals surface area contributed by atoms with E-state index in [4.69, 9.17) is 5.73 Å². The topological polar surface area (TPSA) is 105 Å². The molecule has 2 amide bonds. The van der Waals surface area contributed by atoms with E-state index in [0.717, 1.165) is 0 Å². The van der Waals surface area contributed by atoms with Gasteiger partial charge in [0.25, 0.3) is 5.91 Å². The van der Waals surface area contributed by atoms with E-state index in [1.54, 1.807) is 12.1 Å². The Kier molecular flexibility index (Phi) is 3.42. The molecule has 2 rings (SSSR count). The number of aromatic nitrogens is 1. The molecular formula is C13H11N3O3. The number of rotatable bonds is 4. The lowest BCUT2D eigenvalue weighted by Crippen LogP contribution is -2.13. The molecule has 4 N–H and O–H groups in total. The number of nitrogens with one attached hydrogen (secondary N) is 2. The van der Waals surface area contributed by atoms with Crippen molar-refractivity contribution in [2.75, 3.05) is 5.32 Å². The third kappa shape index (κ3) is 2.86. The Balaban J connectivity index is 2.10. The van der Waals surface area contributed by atoms with Gasteiger partial charge < -0.3 is 16.0 Å². The minimum Gasteiger partial charge on any atom is -0.366 e. The highest BCUT2D eigenvalue weighted by Gasteiger charge is 2.09. The molecule has 1 aromatic heterocycles. The quantitative estimate of drug-likeness (QED) is 0.716. The molecule has 6 heteroatoms. The average Bonchev–Trinajstić information content (AvgIpc) is 2.88. The number of carbonyl (C=O) groups is 3. The lowest BCUT2D eigenvalue weighted by Gasteiger charge is -2.04. The average molecular weight is 257 g/mol. The van der Waals surface area contributed by atoms with E-state index in [0.29, 0.717) is 23.1 Å². The Labute approximate surface area is 108 Å². The van der Waals surface area contributed by atoms with Gasteiger partial charge in [-0.25, -0.2) is 0 Å². The molecule has 0 aliphatic rings. The van der Waals surface area contributed by atoms with Crippen molar-refractivity contribution < 1.29 is 14.4 Å². The minimum atomic E-state index is -0.530. The van der Waals surface area contributed by atoms with Crippen LogP contribution in [0.5, 0.6) is 0 Å². The van der Waals surface area contributed by atoms with Crippen LogP contribution in [-0.4, -0.2) is 23.1 Å². The van der Waals surface area contributed by atoms with E-state index in [1.807, 2.05) is 0 Å². The monoisotopic (exact) mass is 257 g/mol. The van der Waals surface area contributed by atoms with Crippen molar-refractivity contribution in [2.24, 2.45) is 5.73 Å². The summed E-state index contributed by atoms with van der Waals surface area (Å²) in [5, 5.41) is 2.62. The fraction of sp³-hybridized carbons (Fsp3) is 0. The van der Waals surface area contributed by atoms with Gasteiger partial charge in [0.2, 0.25) is 5.91 Å². The van der Waals surface area contributed by atoms with E-state index in [9.17, 15) is 14.4 Å². The first-order chi connectivity index (χ1) is 9.10. The number of amides is 2. The zero-order valence-electron chi connectivity index (χ0n) is 9.84. The molecular weight excluding hydrogens is 246 g/mol. The third-order valence-corrected chi connectivity index (χ3v) is 2.51. The number of carbonyl (C=O) groups excluding carboxylic acids is 3. The Bertz CT molecular complexity index is 629. The van der Waals surface area contributed by atoms with Crippen LogP contribution in [0.15, 0.2) is 36.5 Å². The highest BCUT2D eigenvalue weighted by molar-refractivity contribution is 6.04. The molecule has 0 saturated heterocycles. The fourth-order valence-electron chi connectivity index (χ4n) is 1.53. The maximum Gasteiger partial charge on any atom is 0.272 e. The second-order valence-corrected chi connectivity index (χ2v) is 3.86. The smallest absolute Gasteiger partial charge is 0.272 e. The Hall–Kier alpha value is -2.89. The molecule has 0 spiro atoms. The maximum absolute atomic E-state index is 11.8. The standard InChI is InChI=1S/C13H11N3O3/c14-12(18)9-1-3-10(4-2-9)16-13(19)11-5-8(7-17)6-15-11/h1-7,15H,(H2,14,18)(H,16,19). The van der Waals surface area contributed by atoms with E-state index in [1.165, 1.54) is 24.4 Å². The SMILES string of the molecule is NC(=O)c1ccc(NC(=O)c2cc(C=O)c[nH]2)cc1. The van der Waals surface area contributed by atoms with E-state index in [2.05, 4.69) is 10.3 Å². The molecule has 19 heavy (non-hydrogen) atoms. The van der Waals surface area contributed by atoms with Crippen LogP contribution in [0.3, 0.4) is 0 Å². The number of aldehydes is 1. The van der Waals surface area contributed by atoms with Gasteiger partial charge in [0.1, 0.15) is 5.69 Å². The molecule has 0 atom stereocenters. The van der Waals surface area contributed by atoms with Crippen molar-refractivity contribution in [2.45, 2.75) is 0 Å². The summed E-state index contributed by atoms with van der Waals surface area (Å²) < 4.78 is 0. The second kappa shape index (κ2) is 5.18. The van der Waals surface area contributed by atoms with Crippen molar-refractivity contribution in [1.82, 2.24) is 4.98 Å². The summed E-state index contributed by atoms with van der Waals surface area (Å²) in [7, 11) is 0. The summed E-state index contributed by atoms with van der Waals surface area (Å²) in [5.74, 6) is -0.905. The van der Waals surface area contributed by atoms with Gasteiger partial charge >= 0.3 is 0 Å². The molecule has 2 aromatic rings. The predicted octanol–water partition coefficient (Wildman–Crippen LogP) is 1.18. The summed E-state index contributed by atoms with van der Waals surface area (Å²) in [4.78, 5) is 35.9. The van der Waals surface area contributed by atoms with Crippen LogP contribution < -0.4 is 11.1 Å². The van der Waals surface area contributed by atoms with Crippen LogP contribution in [0.4, 0.5) is 5.69 Å². The molecule has 1 aromatic carbocycles. The van der Waals surface area contributed by atoms with Crippen LogP contribution in [0, 0.1) is 0 Å². The van der Waals surface area contributed by atoms with Crippen molar-refractivity contribution in [1.29, 1.82) is 0 Å². The molecule has 0 unspecified atom stereocenters. The van der Waals surface area contributed by atoms with Gasteiger partial charge in [0, 0.05) is 23.0 Å². The number of H-pyrrole nitrogens is 1.